The first-order valence-corrected chi connectivity index (χ1v) is 5.84. The molecule has 0 fully saturated rings. The molecule has 5 heteroatoms. The molecular formula is C15H12F3O2. The summed E-state index contributed by atoms with van der Waals surface area (Å²) in [7, 11) is 1.51. The van der Waals surface area contributed by atoms with Crippen LogP contribution < -0.4 is 9.47 Å². The molecule has 0 saturated carbocycles. The van der Waals surface area contributed by atoms with Crippen molar-refractivity contribution in [1.82, 2.24) is 0 Å². The Balaban J connectivity index is 2.04. The Bertz CT molecular complexity index is 562. The molecule has 0 unspecified atom stereocenters. The van der Waals surface area contributed by atoms with Crippen LogP contribution >= 0.6 is 0 Å². The van der Waals surface area contributed by atoms with Crippen molar-refractivity contribution in [3.8, 4) is 11.5 Å². The van der Waals surface area contributed by atoms with E-state index in [0.29, 0.717) is 17.1 Å². The maximum atomic E-state index is 12.4. The van der Waals surface area contributed by atoms with Crippen LogP contribution in [0.3, 0.4) is 0 Å². The Labute approximate surface area is 114 Å². The van der Waals surface area contributed by atoms with Gasteiger partial charge in [-0.3, -0.25) is 0 Å². The molecule has 0 heterocycles. The summed E-state index contributed by atoms with van der Waals surface area (Å²) >= 11 is 0. The zero-order valence-electron chi connectivity index (χ0n) is 10.7. The molecule has 2 nitrogen and oxygen atoms in total. The van der Waals surface area contributed by atoms with Crippen molar-refractivity contribution < 1.29 is 22.6 Å². The van der Waals surface area contributed by atoms with Crippen molar-refractivity contribution in [3.05, 3.63) is 59.7 Å². The maximum Gasteiger partial charge on any atom is 0.416 e. The van der Waals surface area contributed by atoms with Crippen molar-refractivity contribution in [2.45, 2.75) is 12.8 Å². The number of rotatable bonds is 4. The molecule has 2 aromatic carbocycles. The van der Waals surface area contributed by atoms with Crippen LogP contribution in [0.4, 0.5) is 13.2 Å². The first-order chi connectivity index (χ1) is 9.50. The monoisotopic (exact) mass is 281 g/mol. The van der Waals surface area contributed by atoms with Gasteiger partial charge in [-0.05, 0) is 35.9 Å². The topological polar surface area (TPSA) is 18.5 Å². The molecule has 2 aromatic rings. The van der Waals surface area contributed by atoms with Crippen LogP contribution in [0.5, 0.6) is 11.5 Å². The molecule has 105 valence electrons. The van der Waals surface area contributed by atoms with Crippen molar-refractivity contribution in [3.63, 3.8) is 0 Å². The fourth-order valence-corrected chi connectivity index (χ4v) is 1.63. The van der Waals surface area contributed by atoms with Crippen LogP contribution in [0.15, 0.2) is 42.5 Å². The van der Waals surface area contributed by atoms with Crippen LogP contribution in [0.2, 0.25) is 0 Å². The number of methoxy groups -OCH3 is 1. The second kappa shape index (κ2) is 5.86. The van der Waals surface area contributed by atoms with E-state index in [0.717, 1.165) is 12.1 Å². The zero-order chi connectivity index (χ0) is 14.6. The standard InChI is InChI=1S/C15H12F3O2/c1-19-13-4-2-3-5-14(13)20-10-11-6-8-12(9-7-11)15(16,17)18/h3-9H,10H2,1H3. The highest BCUT2D eigenvalue weighted by Gasteiger charge is 2.29. The van der Waals surface area contributed by atoms with E-state index in [1.165, 1.54) is 19.2 Å². The third kappa shape index (κ3) is 3.44. The second-order valence-electron chi connectivity index (χ2n) is 4.06. The molecule has 0 aromatic heterocycles. The number of hydrogen-bond acceptors (Lipinski definition) is 2. The number of benzene rings is 2. The minimum atomic E-state index is -4.32. The summed E-state index contributed by atoms with van der Waals surface area (Å²) in [6.07, 6.45) is -4.32. The average molecular weight is 281 g/mol. The van der Waals surface area contributed by atoms with E-state index in [1.807, 2.05) is 0 Å². The summed E-state index contributed by atoms with van der Waals surface area (Å²) in [4.78, 5) is 0. The highest BCUT2D eigenvalue weighted by molar-refractivity contribution is 5.39. The molecule has 0 N–H and O–H groups in total. The van der Waals surface area contributed by atoms with Gasteiger partial charge < -0.3 is 9.47 Å². The lowest BCUT2D eigenvalue weighted by atomic mass is 10.1. The van der Waals surface area contributed by atoms with E-state index >= 15 is 0 Å². The summed E-state index contributed by atoms with van der Waals surface area (Å²) in [6, 6.07) is 12.7. The molecule has 0 amide bonds. The first kappa shape index (κ1) is 14.2. The molecule has 0 saturated heterocycles. The minimum Gasteiger partial charge on any atom is -0.493 e. The van der Waals surface area contributed by atoms with Gasteiger partial charge in [0.2, 0.25) is 0 Å². The number of halogens is 3. The molecule has 0 aliphatic rings. The molecule has 0 spiro atoms. The van der Waals surface area contributed by atoms with Crippen molar-refractivity contribution in [2.24, 2.45) is 0 Å². The van der Waals surface area contributed by atoms with Crippen molar-refractivity contribution in [1.29, 1.82) is 0 Å². The third-order valence-electron chi connectivity index (χ3n) is 2.68. The van der Waals surface area contributed by atoms with Crippen LogP contribution in [0.1, 0.15) is 11.1 Å². The zero-order valence-corrected chi connectivity index (χ0v) is 10.7. The minimum absolute atomic E-state index is 0.165. The van der Waals surface area contributed by atoms with Gasteiger partial charge >= 0.3 is 6.18 Å². The Morgan fingerprint density at radius 3 is 2.35 bits per heavy atom. The van der Waals surface area contributed by atoms with Crippen LogP contribution in [0.25, 0.3) is 0 Å². The lowest BCUT2D eigenvalue weighted by molar-refractivity contribution is -0.137. The van der Waals surface area contributed by atoms with Crippen molar-refractivity contribution in [2.75, 3.05) is 7.11 Å². The summed E-state index contributed by atoms with van der Waals surface area (Å²) in [6.45, 7) is 0.165. The lowest BCUT2D eigenvalue weighted by Crippen LogP contribution is -2.05. The molecule has 20 heavy (non-hydrogen) atoms. The van der Waals surface area contributed by atoms with Gasteiger partial charge in [0.1, 0.15) is 6.61 Å². The van der Waals surface area contributed by atoms with E-state index in [1.54, 1.807) is 18.2 Å². The third-order valence-corrected chi connectivity index (χ3v) is 2.68. The highest BCUT2D eigenvalue weighted by Crippen LogP contribution is 2.30. The quantitative estimate of drug-likeness (QED) is 0.840. The molecule has 0 bridgehead atoms. The van der Waals surface area contributed by atoms with Gasteiger partial charge in [0, 0.05) is 0 Å². The first-order valence-electron chi connectivity index (χ1n) is 5.84. The fourth-order valence-electron chi connectivity index (χ4n) is 1.63. The summed E-state index contributed by atoms with van der Waals surface area (Å²) in [5, 5.41) is 0. The normalized spacial score (nSPS) is 11.2. The van der Waals surface area contributed by atoms with Gasteiger partial charge in [0.05, 0.1) is 12.7 Å². The molecule has 0 atom stereocenters. The van der Waals surface area contributed by atoms with Crippen molar-refractivity contribution >= 4 is 0 Å². The van der Waals surface area contributed by atoms with Gasteiger partial charge in [-0.25, -0.2) is 0 Å². The van der Waals surface area contributed by atoms with E-state index < -0.39 is 11.7 Å². The van der Waals surface area contributed by atoms with E-state index in [2.05, 4.69) is 6.07 Å². The summed E-state index contributed by atoms with van der Waals surface area (Å²) < 4.78 is 47.9. The summed E-state index contributed by atoms with van der Waals surface area (Å²) in [5.41, 5.74) is -0.0268. The molecular weight excluding hydrogens is 269 g/mol. The Morgan fingerprint density at radius 1 is 1.05 bits per heavy atom. The highest BCUT2D eigenvalue weighted by atomic mass is 19.4. The summed E-state index contributed by atoms with van der Waals surface area (Å²) in [5.74, 6) is 1.05. The largest absolute Gasteiger partial charge is 0.493 e. The van der Waals surface area contributed by atoms with Gasteiger partial charge in [-0.2, -0.15) is 13.2 Å². The predicted octanol–water partition coefficient (Wildman–Crippen LogP) is 4.09. The molecule has 0 aliphatic carbocycles. The Kier molecular flexibility index (Phi) is 4.17. The molecule has 0 aliphatic heterocycles. The number of hydrogen-bond donors (Lipinski definition) is 0. The molecule has 1 radical (unpaired) electrons. The predicted molar refractivity (Wildman–Crippen MR) is 67.6 cm³/mol. The van der Waals surface area contributed by atoms with Gasteiger partial charge in [-0.15, -0.1) is 0 Å². The SMILES string of the molecule is COc1c[c]ccc1OCc1ccc(C(F)(F)F)cc1. The van der Waals surface area contributed by atoms with E-state index in [9.17, 15) is 13.2 Å². The number of alkyl halides is 3. The lowest BCUT2D eigenvalue weighted by Gasteiger charge is -2.11. The smallest absolute Gasteiger partial charge is 0.416 e. The fraction of sp³-hybridized carbons (Fsp3) is 0.200. The maximum absolute atomic E-state index is 12.4. The van der Waals surface area contributed by atoms with E-state index in [-0.39, 0.29) is 6.61 Å². The average Bonchev–Trinajstić information content (AvgIpc) is 2.45. The Hall–Kier alpha value is -2.17. The Morgan fingerprint density at radius 2 is 1.75 bits per heavy atom. The van der Waals surface area contributed by atoms with Gasteiger partial charge in [-0.1, -0.05) is 18.2 Å². The molecule has 2 rings (SSSR count). The second-order valence-corrected chi connectivity index (χ2v) is 4.06. The van der Waals surface area contributed by atoms with Crippen LogP contribution in [0, 0.1) is 6.07 Å². The van der Waals surface area contributed by atoms with Gasteiger partial charge in [0.15, 0.2) is 11.5 Å². The number of ether oxygens (including phenoxy) is 2. The van der Waals surface area contributed by atoms with Crippen LogP contribution in [-0.4, -0.2) is 7.11 Å². The van der Waals surface area contributed by atoms with Gasteiger partial charge in [0.25, 0.3) is 0 Å². The van der Waals surface area contributed by atoms with Crippen LogP contribution in [-0.2, 0) is 12.8 Å². The van der Waals surface area contributed by atoms with E-state index in [4.69, 9.17) is 9.47 Å².